The summed E-state index contributed by atoms with van der Waals surface area (Å²) in [7, 11) is 0. The highest BCUT2D eigenvalue weighted by Gasteiger charge is 2.40. The predicted molar refractivity (Wildman–Crippen MR) is 209 cm³/mol. The van der Waals surface area contributed by atoms with Crippen LogP contribution in [-0.4, -0.2) is 42.7 Å². The zero-order valence-electron chi connectivity index (χ0n) is 31.4. The van der Waals surface area contributed by atoms with Crippen molar-refractivity contribution in [2.24, 2.45) is 11.5 Å². The number of rotatable bonds is 34. The molecule has 6 heteroatoms. The van der Waals surface area contributed by atoms with Gasteiger partial charge in [0.2, 0.25) is 0 Å². The minimum absolute atomic E-state index is 0. The molecule has 2 atom stereocenters. The first kappa shape index (κ1) is 51.1. The van der Waals surface area contributed by atoms with Crippen molar-refractivity contribution in [3.8, 4) is 0 Å². The van der Waals surface area contributed by atoms with Crippen LogP contribution in [0, 0.1) is 0 Å². The Labute approximate surface area is 309 Å². The van der Waals surface area contributed by atoms with E-state index in [0.717, 1.165) is 13.1 Å². The summed E-state index contributed by atoms with van der Waals surface area (Å²) < 4.78 is 1.22. The van der Waals surface area contributed by atoms with Gasteiger partial charge in [0.25, 0.3) is 0 Å². The number of nitrogens with two attached hydrogens (primary N) is 2. The molecule has 1 rings (SSSR count). The quantitative estimate of drug-likeness (QED) is 0.0515. The van der Waals surface area contributed by atoms with Crippen LogP contribution in [0.25, 0.3) is 0 Å². The van der Waals surface area contributed by atoms with Crippen LogP contribution in [0.5, 0.6) is 0 Å². The van der Waals surface area contributed by atoms with Crippen molar-refractivity contribution in [2.45, 2.75) is 231 Å². The third-order valence-electron chi connectivity index (χ3n) is 10.7. The molecule has 0 radical (unpaired) electrons. The van der Waals surface area contributed by atoms with E-state index in [-0.39, 0.29) is 49.3 Å². The van der Waals surface area contributed by atoms with Gasteiger partial charge in [0.05, 0.1) is 38.3 Å². The van der Waals surface area contributed by atoms with Crippen molar-refractivity contribution in [3.63, 3.8) is 0 Å². The fourth-order valence-corrected chi connectivity index (χ4v) is 7.71. The molecule has 0 aromatic carbocycles. The lowest BCUT2D eigenvalue weighted by Crippen LogP contribution is -3.00. The minimum Gasteiger partial charge on any atom is -1.00 e. The van der Waals surface area contributed by atoms with E-state index in [1.165, 1.54) is 223 Å². The largest absolute Gasteiger partial charge is 1.00 e. The maximum absolute atomic E-state index is 6.44. The van der Waals surface area contributed by atoms with Crippen molar-refractivity contribution in [2.75, 3.05) is 26.2 Å². The molecule has 46 heavy (non-hydrogen) atoms. The van der Waals surface area contributed by atoms with Gasteiger partial charge in [-0.1, -0.05) is 194 Å². The molecule has 0 aromatic heterocycles. The summed E-state index contributed by atoms with van der Waals surface area (Å²) in [4.78, 5) is 0. The van der Waals surface area contributed by atoms with Crippen LogP contribution in [0.15, 0.2) is 0 Å². The van der Waals surface area contributed by atoms with Gasteiger partial charge in [0.1, 0.15) is 0 Å². The van der Waals surface area contributed by atoms with Gasteiger partial charge in [0.15, 0.2) is 0 Å². The Morgan fingerprint density at radius 1 is 0.348 bits per heavy atom. The molecular formula is C40H86Cl3N3. The van der Waals surface area contributed by atoms with Gasteiger partial charge < -0.3 is 28.4 Å². The molecular weight excluding hydrogens is 629 g/mol. The summed E-state index contributed by atoms with van der Waals surface area (Å²) in [5.41, 5.74) is 12.9. The topological polar surface area (TPSA) is 52.0 Å². The standard InChI is InChI=1S/C40H84N3.3ClH/c1-3-5-7-9-11-13-15-17-19-21-23-25-27-29-31-33-35-43(37-39(41)40(42)38-43)36-34-32-30-28-26-24-22-20-18-16-14-12-10-8-6-4-2;;;/h39-40H,3-38,41-42H2,1-2H3;3*1H/q+1;;;/p-1/t39-,40-;;;/m0.../s1. The van der Waals surface area contributed by atoms with Gasteiger partial charge >= 0.3 is 0 Å². The van der Waals surface area contributed by atoms with E-state index in [9.17, 15) is 0 Å². The molecule has 0 aromatic rings. The molecule has 1 heterocycles. The van der Waals surface area contributed by atoms with Crippen molar-refractivity contribution in [3.05, 3.63) is 0 Å². The first-order chi connectivity index (χ1) is 21.1. The smallest absolute Gasteiger partial charge is 0.0958 e. The molecule has 4 N–H and O–H groups in total. The molecule has 0 unspecified atom stereocenters. The molecule has 0 spiro atoms. The third kappa shape index (κ3) is 30.8. The number of likely N-dealkylation sites (tertiary alicyclic amines) is 1. The second-order valence-corrected chi connectivity index (χ2v) is 15.1. The van der Waals surface area contributed by atoms with E-state index in [0.29, 0.717) is 0 Å². The lowest BCUT2D eigenvalue weighted by Gasteiger charge is -2.35. The number of unbranched alkanes of at least 4 members (excludes halogenated alkanes) is 30. The van der Waals surface area contributed by atoms with E-state index in [1.807, 2.05) is 0 Å². The van der Waals surface area contributed by atoms with E-state index in [2.05, 4.69) is 13.8 Å². The molecule has 282 valence electrons. The van der Waals surface area contributed by atoms with Crippen LogP contribution in [0.1, 0.15) is 219 Å². The Bertz CT molecular complexity index is 518. The Morgan fingerprint density at radius 2 is 0.522 bits per heavy atom. The van der Waals surface area contributed by atoms with Crippen LogP contribution in [0.3, 0.4) is 0 Å². The van der Waals surface area contributed by atoms with Crippen molar-refractivity contribution >= 4 is 24.8 Å². The Balaban J connectivity index is -0.00000616. The van der Waals surface area contributed by atoms with Crippen LogP contribution >= 0.6 is 24.8 Å². The number of quaternary nitrogens is 1. The van der Waals surface area contributed by atoms with Crippen molar-refractivity contribution in [1.29, 1.82) is 0 Å². The molecule has 1 saturated heterocycles. The van der Waals surface area contributed by atoms with Gasteiger partial charge in [0, 0.05) is 0 Å². The third-order valence-corrected chi connectivity index (χ3v) is 10.7. The van der Waals surface area contributed by atoms with Gasteiger partial charge in [-0.2, -0.15) is 0 Å². The predicted octanol–water partition coefficient (Wildman–Crippen LogP) is 9.84. The highest BCUT2D eigenvalue weighted by atomic mass is 35.5. The zero-order chi connectivity index (χ0) is 31.1. The molecule has 3 nitrogen and oxygen atoms in total. The number of nitrogens with zero attached hydrogens (tertiary/aromatic N) is 1. The maximum Gasteiger partial charge on any atom is 0.0958 e. The summed E-state index contributed by atoms with van der Waals surface area (Å²) in [5.74, 6) is 0. The monoisotopic (exact) mass is 714 g/mol. The second-order valence-electron chi connectivity index (χ2n) is 15.1. The zero-order valence-corrected chi connectivity index (χ0v) is 33.8. The van der Waals surface area contributed by atoms with Gasteiger partial charge in [-0.25, -0.2) is 0 Å². The number of halogens is 3. The highest BCUT2D eigenvalue weighted by molar-refractivity contribution is 5.85. The first-order valence-electron chi connectivity index (χ1n) is 20.5. The number of hydrogen-bond acceptors (Lipinski definition) is 2. The Morgan fingerprint density at radius 3 is 0.717 bits per heavy atom. The van der Waals surface area contributed by atoms with E-state index in [1.54, 1.807) is 0 Å². The van der Waals surface area contributed by atoms with E-state index in [4.69, 9.17) is 11.5 Å². The van der Waals surface area contributed by atoms with Crippen LogP contribution < -0.4 is 23.9 Å². The lowest BCUT2D eigenvalue weighted by molar-refractivity contribution is -0.917. The molecule has 0 saturated carbocycles. The Kier molecular flexibility index (Phi) is 42.8. The molecule has 0 aliphatic carbocycles. The molecule has 1 aliphatic heterocycles. The fourth-order valence-electron chi connectivity index (χ4n) is 7.71. The second kappa shape index (κ2) is 38.6. The van der Waals surface area contributed by atoms with E-state index < -0.39 is 0 Å². The average molecular weight is 716 g/mol. The van der Waals surface area contributed by atoms with Gasteiger partial charge in [-0.05, 0) is 25.7 Å². The maximum atomic E-state index is 6.44. The highest BCUT2D eigenvalue weighted by Crippen LogP contribution is 2.23. The molecule has 0 amide bonds. The van der Waals surface area contributed by atoms with Crippen LogP contribution in [0.4, 0.5) is 0 Å². The summed E-state index contributed by atoms with van der Waals surface area (Å²) in [6.45, 7) is 9.50. The molecule has 1 fully saturated rings. The summed E-state index contributed by atoms with van der Waals surface area (Å²) >= 11 is 0. The molecule has 1 aliphatic rings. The normalized spacial score (nSPS) is 17.0. The summed E-state index contributed by atoms with van der Waals surface area (Å²) in [6, 6.07) is 0.421. The molecule has 0 bridgehead atoms. The van der Waals surface area contributed by atoms with E-state index >= 15 is 0 Å². The Hall–Kier alpha value is 0.750. The fraction of sp³-hybridized carbons (Fsp3) is 1.00. The SMILES string of the molecule is CCCCCCCCCCCCCCCCCC[N+]1(CCCCCCCCCCCCCCCCCC)C[C@H](N)[C@@H](N)C1.Cl.Cl.[Cl-]. The van der Waals surface area contributed by atoms with Gasteiger partial charge in [-0.15, -0.1) is 24.8 Å². The number of hydrogen-bond donors (Lipinski definition) is 2. The van der Waals surface area contributed by atoms with Crippen molar-refractivity contribution < 1.29 is 16.9 Å². The average Bonchev–Trinajstić information content (AvgIpc) is 3.29. The summed E-state index contributed by atoms with van der Waals surface area (Å²) in [6.07, 6.45) is 46.2. The summed E-state index contributed by atoms with van der Waals surface area (Å²) in [5, 5.41) is 0. The first-order valence-corrected chi connectivity index (χ1v) is 20.5. The minimum atomic E-state index is 0. The van der Waals surface area contributed by atoms with Crippen molar-refractivity contribution in [1.82, 2.24) is 0 Å². The lowest BCUT2D eigenvalue weighted by atomic mass is 10.0. The van der Waals surface area contributed by atoms with Crippen LogP contribution in [-0.2, 0) is 0 Å². The van der Waals surface area contributed by atoms with Gasteiger partial charge in [-0.3, -0.25) is 0 Å². The van der Waals surface area contributed by atoms with Crippen LogP contribution in [0.2, 0.25) is 0 Å².